The zero-order valence-electron chi connectivity index (χ0n) is 11.4. The topological polar surface area (TPSA) is 38.3 Å². The first-order valence-electron chi connectivity index (χ1n) is 6.84. The first-order chi connectivity index (χ1) is 9.16. The molecule has 1 aromatic carbocycles. The first-order valence-corrected chi connectivity index (χ1v) is 6.84. The van der Waals surface area contributed by atoms with E-state index in [1.165, 1.54) is 0 Å². The zero-order valence-corrected chi connectivity index (χ0v) is 11.4. The number of carbonyl (C=O) groups excluding carboxylic acids is 1. The smallest absolute Gasteiger partial charge is 0.227 e. The van der Waals surface area contributed by atoms with Crippen molar-refractivity contribution in [2.24, 2.45) is 5.92 Å². The Morgan fingerprint density at radius 3 is 2.74 bits per heavy atom. The lowest BCUT2D eigenvalue weighted by atomic mass is 10.1. The van der Waals surface area contributed by atoms with Gasteiger partial charge in [0.05, 0.1) is 5.69 Å². The van der Waals surface area contributed by atoms with Crippen molar-refractivity contribution >= 4 is 11.6 Å². The van der Waals surface area contributed by atoms with Crippen LogP contribution in [0.5, 0.6) is 5.75 Å². The van der Waals surface area contributed by atoms with Crippen LogP contribution in [0, 0.1) is 5.92 Å². The normalized spacial score (nSPS) is 15.2. The van der Waals surface area contributed by atoms with Crippen molar-refractivity contribution in [3.63, 3.8) is 0 Å². The Kier molecular flexibility index (Phi) is 4.61. The molecule has 1 amide bonds. The Bertz CT molecular complexity index is 462. The summed E-state index contributed by atoms with van der Waals surface area (Å²) in [6, 6.07) is 7.55. The zero-order chi connectivity index (χ0) is 13.7. The average molecular weight is 259 g/mol. The molecule has 3 nitrogen and oxygen atoms in total. The molecule has 0 atom stereocenters. The van der Waals surface area contributed by atoms with E-state index in [0.717, 1.165) is 36.9 Å². The minimum Gasteiger partial charge on any atom is -0.487 e. The molecule has 0 unspecified atom stereocenters. The summed E-state index contributed by atoms with van der Waals surface area (Å²) in [5.41, 5.74) is 1.71. The fourth-order valence-electron chi connectivity index (χ4n) is 2.32. The van der Waals surface area contributed by atoms with E-state index in [1.54, 1.807) is 0 Å². The molecule has 1 aromatic rings. The van der Waals surface area contributed by atoms with Crippen LogP contribution in [0.2, 0.25) is 0 Å². The first kappa shape index (κ1) is 13.7. The van der Waals surface area contributed by atoms with Crippen LogP contribution < -0.4 is 10.1 Å². The molecule has 102 valence electrons. The molecule has 1 saturated carbocycles. The number of ether oxygens (including phenoxy) is 1. The summed E-state index contributed by atoms with van der Waals surface area (Å²) >= 11 is 0. The molecule has 0 saturated heterocycles. The summed E-state index contributed by atoms with van der Waals surface area (Å²) < 4.78 is 5.65. The Balaban J connectivity index is 2.02. The molecule has 2 rings (SSSR count). The monoisotopic (exact) mass is 259 g/mol. The fourth-order valence-corrected chi connectivity index (χ4v) is 2.32. The second-order valence-corrected chi connectivity index (χ2v) is 5.21. The van der Waals surface area contributed by atoms with E-state index in [-0.39, 0.29) is 11.8 Å². The lowest BCUT2D eigenvalue weighted by molar-refractivity contribution is -0.119. The van der Waals surface area contributed by atoms with Gasteiger partial charge in [0.1, 0.15) is 12.4 Å². The molecule has 1 fully saturated rings. The quantitative estimate of drug-likeness (QED) is 0.817. The molecule has 1 aliphatic carbocycles. The second-order valence-electron chi connectivity index (χ2n) is 5.21. The Morgan fingerprint density at radius 1 is 1.37 bits per heavy atom. The van der Waals surface area contributed by atoms with Crippen LogP contribution >= 0.6 is 0 Å². The van der Waals surface area contributed by atoms with Crippen LogP contribution in [0.25, 0.3) is 0 Å². The highest BCUT2D eigenvalue weighted by Gasteiger charge is 2.23. The van der Waals surface area contributed by atoms with E-state index in [2.05, 4.69) is 11.9 Å². The Labute approximate surface area is 114 Å². The highest BCUT2D eigenvalue weighted by Crippen LogP contribution is 2.29. The van der Waals surface area contributed by atoms with Crippen LogP contribution in [-0.2, 0) is 4.79 Å². The third-order valence-electron chi connectivity index (χ3n) is 3.34. The lowest BCUT2D eigenvalue weighted by Gasteiger charge is -2.14. The van der Waals surface area contributed by atoms with Crippen molar-refractivity contribution in [2.75, 3.05) is 11.9 Å². The van der Waals surface area contributed by atoms with Gasteiger partial charge in [-0.1, -0.05) is 31.6 Å². The molecular formula is C16H21NO2. The summed E-state index contributed by atoms with van der Waals surface area (Å²) in [6.45, 7) is 6.20. The molecule has 0 aromatic heterocycles. The van der Waals surface area contributed by atoms with E-state index < -0.39 is 0 Å². The summed E-state index contributed by atoms with van der Waals surface area (Å²) in [5.74, 6) is 0.981. The maximum Gasteiger partial charge on any atom is 0.227 e. The third kappa shape index (κ3) is 3.85. The number of benzene rings is 1. The average Bonchev–Trinajstić information content (AvgIpc) is 2.91. The summed E-state index contributed by atoms with van der Waals surface area (Å²) in [7, 11) is 0. The largest absolute Gasteiger partial charge is 0.487 e. The number of anilines is 1. The van der Waals surface area contributed by atoms with Crippen LogP contribution in [0.15, 0.2) is 36.4 Å². The molecule has 0 spiro atoms. The lowest BCUT2D eigenvalue weighted by Crippen LogP contribution is -2.20. The molecule has 0 aliphatic heterocycles. The maximum absolute atomic E-state index is 12.1. The predicted molar refractivity (Wildman–Crippen MR) is 77.3 cm³/mol. The van der Waals surface area contributed by atoms with Gasteiger partial charge in [0.25, 0.3) is 0 Å². The van der Waals surface area contributed by atoms with Crippen molar-refractivity contribution < 1.29 is 9.53 Å². The molecule has 3 heteroatoms. The van der Waals surface area contributed by atoms with Crippen molar-refractivity contribution in [1.82, 2.24) is 0 Å². The van der Waals surface area contributed by atoms with E-state index >= 15 is 0 Å². The molecule has 1 aliphatic rings. The summed E-state index contributed by atoms with van der Waals surface area (Å²) in [4.78, 5) is 12.1. The third-order valence-corrected chi connectivity index (χ3v) is 3.34. The van der Waals surface area contributed by atoms with E-state index in [4.69, 9.17) is 4.74 Å². The van der Waals surface area contributed by atoms with Crippen LogP contribution in [-0.4, -0.2) is 12.5 Å². The van der Waals surface area contributed by atoms with Crippen molar-refractivity contribution in [3.05, 3.63) is 36.4 Å². The molecule has 0 heterocycles. The molecule has 0 radical (unpaired) electrons. The number of para-hydroxylation sites is 2. The van der Waals surface area contributed by atoms with E-state index in [9.17, 15) is 4.79 Å². The molecule has 0 bridgehead atoms. The van der Waals surface area contributed by atoms with Crippen molar-refractivity contribution in [3.8, 4) is 5.75 Å². The van der Waals surface area contributed by atoms with Gasteiger partial charge in [-0.15, -0.1) is 0 Å². The number of hydrogen-bond donors (Lipinski definition) is 1. The standard InChI is InChI=1S/C16H21NO2/c1-12(2)11-19-15-10-6-5-9-14(15)17-16(18)13-7-3-4-8-13/h5-6,9-10,13H,1,3-4,7-8,11H2,2H3,(H,17,18). The Hall–Kier alpha value is -1.77. The SMILES string of the molecule is C=C(C)COc1ccccc1NC(=O)C1CCCC1. The molecule has 1 N–H and O–H groups in total. The molecular weight excluding hydrogens is 238 g/mol. The van der Waals surface area contributed by atoms with Gasteiger partial charge in [-0.25, -0.2) is 0 Å². The second kappa shape index (κ2) is 6.41. The van der Waals surface area contributed by atoms with E-state index in [1.807, 2.05) is 31.2 Å². The number of hydrogen-bond acceptors (Lipinski definition) is 2. The van der Waals surface area contributed by atoms with Gasteiger partial charge in [-0.2, -0.15) is 0 Å². The van der Waals surface area contributed by atoms with Crippen molar-refractivity contribution in [2.45, 2.75) is 32.6 Å². The van der Waals surface area contributed by atoms with Gasteiger partial charge in [-0.05, 0) is 37.5 Å². The number of rotatable bonds is 5. The number of carbonyl (C=O) groups is 1. The minimum absolute atomic E-state index is 0.115. The fraction of sp³-hybridized carbons (Fsp3) is 0.438. The van der Waals surface area contributed by atoms with E-state index in [0.29, 0.717) is 12.4 Å². The number of amides is 1. The highest BCUT2D eigenvalue weighted by molar-refractivity contribution is 5.94. The van der Waals surface area contributed by atoms with Gasteiger partial charge in [0.2, 0.25) is 5.91 Å². The van der Waals surface area contributed by atoms with Gasteiger partial charge in [-0.3, -0.25) is 4.79 Å². The minimum atomic E-state index is 0.115. The predicted octanol–water partition coefficient (Wildman–Crippen LogP) is 3.77. The van der Waals surface area contributed by atoms with Crippen LogP contribution in [0.1, 0.15) is 32.6 Å². The highest BCUT2D eigenvalue weighted by atomic mass is 16.5. The van der Waals surface area contributed by atoms with Gasteiger partial charge >= 0.3 is 0 Å². The molecule has 19 heavy (non-hydrogen) atoms. The van der Waals surface area contributed by atoms with Crippen LogP contribution in [0.4, 0.5) is 5.69 Å². The summed E-state index contributed by atoms with van der Waals surface area (Å²) in [6.07, 6.45) is 4.32. The maximum atomic E-state index is 12.1. The number of nitrogens with one attached hydrogen (secondary N) is 1. The van der Waals surface area contributed by atoms with Crippen LogP contribution in [0.3, 0.4) is 0 Å². The Morgan fingerprint density at radius 2 is 2.05 bits per heavy atom. The van der Waals surface area contributed by atoms with Gasteiger partial charge in [0.15, 0.2) is 0 Å². The van der Waals surface area contributed by atoms with Crippen molar-refractivity contribution in [1.29, 1.82) is 0 Å². The summed E-state index contributed by atoms with van der Waals surface area (Å²) in [5, 5.41) is 2.98. The van der Waals surface area contributed by atoms with Gasteiger partial charge in [0, 0.05) is 5.92 Å². The van der Waals surface area contributed by atoms with Gasteiger partial charge < -0.3 is 10.1 Å².